The summed E-state index contributed by atoms with van der Waals surface area (Å²) in [4.78, 5) is 16.2. The Balaban J connectivity index is 1.65. The molecule has 0 unspecified atom stereocenters. The summed E-state index contributed by atoms with van der Waals surface area (Å²) >= 11 is 0. The van der Waals surface area contributed by atoms with Crippen LogP contribution in [0.25, 0.3) is 11.0 Å². The number of ether oxygens (including phenoxy) is 1. The molecule has 0 fully saturated rings. The molecule has 2 aromatic carbocycles. The molecule has 1 N–H and O–H groups in total. The van der Waals surface area contributed by atoms with Gasteiger partial charge in [0.15, 0.2) is 0 Å². The molecule has 1 amide bonds. The van der Waals surface area contributed by atoms with Gasteiger partial charge in [-0.05, 0) is 24.3 Å². The number of amides is 1. The third-order valence-electron chi connectivity index (χ3n) is 3.37. The van der Waals surface area contributed by atoms with Crippen molar-refractivity contribution in [1.29, 1.82) is 0 Å². The van der Waals surface area contributed by atoms with Gasteiger partial charge < -0.3 is 9.30 Å². The molecule has 0 aliphatic rings. The van der Waals surface area contributed by atoms with Crippen LogP contribution in [-0.2, 0) is 11.3 Å². The van der Waals surface area contributed by atoms with Crippen molar-refractivity contribution in [2.24, 2.45) is 5.10 Å². The van der Waals surface area contributed by atoms with E-state index in [1.165, 1.54) is 0 Å². The molecule has 0 atom stereocenters. The molecule has 0 saturated heterocycles. The second kappa shape index (κ2) is 6.74. The van der Waals surface area contributed by atoms with Crippen LogP contribution in [0, 0.1) is 0 Å². The van der Waals surface area contributed by atoms with Gasteiger partial charge >= 0.3 is 0 Å². The molecule has 0 radical (unpaired) electrons. The van der Waals surface area contributed by atoms with Crippen molar-refractivity contribution in [3.63, 3.8) is 0 Å². The van der Waals surface area contributed by atoms with Crippen LogP contribution in [-0.4, -0.2) is 28.8 Å². The standard InChI is InChI=1S/C17H16N4O2/c1-23-16-9-5-2-6-13(16)10-19-20-17(22)11-21-12-18-14-7-3-4-8-15(14)21/h2-10,12H,11H2,1H3,(H,20,22)/b19-10-. The predicted octanol–water partition coefficient (Wildman–Crippen LogP) is 2.20. The lowest BCUT2D eigenvalue weighted by molar-refractivity contribution is -0.121. The summed E-state index contributed by atoms with van der Waals surface area (Å²) < 4.78 is 7.00. The third kappa shape index (κ3) is 3.37. The molecular weight excluding hydrogens is 292 g/mol. The Hall–Kier alpha value is -3.15. The van der Waals surface area contributed by atoms with E-state index in [1.807, 2.05) is 48.5 Å². The summed E-state index contributed by atoms with van der Waals surface area (Å²) in [5, 5.41) is 3.97. The van der Waals surface area contributed by atoms with Crippen molar-refractivity contribution < 1.29 is 9.53 Å². The Morgan fingerprint density at radius 2 is 2.04 bits per heavy atom. The molecule has 0 bridgehead atoms. The quantitative estimate of drug-likeness (QED) is 0.580. The summed E-state index contributed by atoms with van der Waals surface area (Å²) in [5.74, 6) is 0.477. The van der Waals surface area contributed by atoms with Crippen LogP contribution in [0.4, 0.5) is 0 Å². The molecule has 23 heavy (non-hydrogen) atoms. The van der Waals surface area contributed by atoms with Gasteiger partial charge in [-0.3, -0.25) is 4.79 Å². The number of hydrogen-bond donors (Lipinski definition) is 1. The Morgan fingerprint density at radius 1 is 1.26 bits per heavy atom. The number of hydrogen-bond acceptors (Lipinski definition) is 4. The molecule has 0 aliphatic heterocycles. The monoisotopic (exact) mass is 308 g/mol. The lowest BCUT2D eigenvalue weighted by Crippen LogP contribution is -2.22. The van der Waals surface area contributed by atoms with Gasteiger partial charge in [0, 0.05) is 5.56 Å². The zero-order valence-electron chi connectivity index (χ0n) is 12.6. The molecule has 3 rings (SSSR count). The van der Waals surface area contributed by atoms with Gasteiger partial charge in [-0.2, -0.15) is 5.10 Å². The Kier molecular flexibility index (Phi) is 4.33. The average molecular weight is 308 g/mol. The second-order valence-electron chi connectivity index (χ2n) is 4.90. The normalized spacial score (nSPS) is 11.0. The van der Waals surface area contributed by atoms with Gasteiger partial charge in [0.1, 0.15) is 12.3 Å². The molecule has 1 aromatic heterocycles. The lowest BCUT2D eigenvalue weighted by Gasteiger charge is -2.04. The molecular formula is C17H16N4O2. The molecule has 0 saturated carbocycles. The highest BCUT2D eigenvalue weighted by atomic mass is 16.5. The van der Waals surface area contributed by atoms with Crippen LogP contribution >= 0.6 is 0 Å². The molecule has 3 aromatic rings. The molecule has 116 valence electrons. The number of methoxy groups -OCH3 is 1. The molecule has 1 heterocycles. The van der Waals surface area contributed by atoms with Crippen molar-refractivity contribution in [2.75, 3.05) is 7.11 Å². The van der Waals surface area contributed by atoms with Crippen LogP contribution < -0.4 is 10.2 Å². The highest BCUT2D eigenvalue weighted by Gasteiger charge is 2.06. The highest BCUT2D eigenvalue weighted by molar-refractivity contribution is 5.85. The predicted molar refractivity (Wildman–Crippen MR) is 88.5 cm³/mol. The number of rotatable bonds is 5. The summed E-state index contributed by atoms with van der Waals surface area (Å²) in [7, 11) is 1.59. The second-order valence-corrected chi connectivity index (χ2v) is 4.90. The number of carbonyl (C=O) groups excluding carboxylic acids is 1. The number of aromatic nitrogens is 2. The van der Waals surface area contributed by atoms with Crippen molar-refractivity contribution >= 4 is 23.2 Å². The van der Waals surface area contributed by atoms with Gasteiger partial charge in [0.05, 0.1) is 30.7 Å². The number of fused-ring (bicyclic) bond motifs is 1. The Labute approximate surface area is 133 Å². The van der Waals surface area contributed by atoms with E-state index >= 15 is 0 Å². The van der Waals surface area contributed by atoms with Gasteiger partial charge in [0.25, 0.3) is 5.91 Å². The number of benzene rings is 2. The van der Waals surface area contributed by atoms with Gasteiger partial charge in [-0.1, -0.05) is 24.3 Å². The maximum absolute atomic E-state index is 12.0. The van der Waals surface area contributed by atoms with Crippen molar-refractivity contribution in [3.8, 4) is 5.75 Å². The molecule has 0 aliphatic carbocycles. The summed E-state index contributed by atoms with van der Waals surface area (Å²) in [5.41, 5.74) is 5.08. The Bertz CT molecular complexity index is 854. The SMILES string of the molecule is COc1ccccc1/C=N\NC(=O)Cn1cnc2ccccc21. The topological polar surface area (TPSA) is 68.5 Å². The van der Waals surface area contributed by atoms with E-state index in [9.17, 15) is 4.79 Å². The zero-order valence-corrected chi connectivity index (χ0v) is 12.6. The maximum atomic E-state index is 12.0. The number of para-hydroxylation sites is 3. The van der Waals surface area contributed by atoms with Gasteiger partial charge in [0.2, 0.25) is 0 Å². The molecule has 6 nitrogen and oxygen atoms in total. The zero-order chi connectivity index (χ0) is 16.1. The van der Waals surface area contributed by atoms with E-state index in [0.717, 1.165) is 16.6 Å². The van der Waals surface area contributed by atoms with E-state index in [1.54, 1.807) is 24.2 Å². The third-order valence-corrected chi connectivity index (χ3v) is 3.37. The maximum Gasteiger partial charge on any atom is 0.260 e. The van der Waals surface area contributed by atoms with E-state index in [0.29, 0.717) is 5.75 Å². The number of nitrogens with zero attached hydrogens (tertiary/aromatic N) is 3. The van der Waals surface area contributed by atoms with E-state index in [2.05, 4.69) is 15.5 Å². The summed E-state index contributed by atoms with van der Waals surface area (Å²) in [6.45, 7) is 0.157. The number of carbonyl (C=O) groups is 1. The fourth-order valence-electron chi connectivity index (χ4n) is 2.27. The highest BCUT2D eigenvalue weighted by Crippen LogP contribution is 2.14. The van der Waals surface area contributed by atoms with Crippen LogP contribution in [0.2, 0.25) is 0 Å². The van der Waals surface area contributed by atoms with Gasteiger partial charge in [-0.15, -0.1) is 0 Å². The first-order valence-electron chi connectivity index (χ1n) is 7.13. The Morgan fingerprint density at radius 3 is 2.91 bits per heavy atom. The van der Waals surface area contributed by atoms with E-state index < -0.39 is 0 Å². The van der Waals surface area contributed by atoms with Crippen molar-refractivity contribution in [1.82, 2.24) is 15.0 Å². The van der Waals surface area contributed by atoms with E-state index in [-0.39, 0.29) is 12.5 Å². The lowest BCUT2D eigenvalue weighted by atomic mass is 10.2. The summed E-state index contributed by atoms with van der Waals surface area (Å²) in [6.07, 6.45) is 3.21. The smallest absolute Gasteiger partial charge is 0.260 e. The van der Waals surface area contributed by atoms with Crippen LogP contribution in [0.1, 0.15) is 5.56 Å². The fourth-order valence-corrected chi connectivity index (χ4v) is 2.27. The minimum Gasteiger partial charge on any atom is -0.496 e. The minimum atomic E-state index is -0.223. The molecule has 6 heteroatoms. The van der Waals surface area contributed by atoms with Crippen molar-refractivity contribution in [2.45, 2.75) is 6.54 Å². The first-order chi connectivity index (χ1) is 11.3. The fraction of sp³-hybridized carbons (Fsp3) is 0.118. The van der Waals surface area contributed by atoms with Crippen LogP contribution in [0.3, 0.4) is 0 Å². The number of imidazole rings is 1. The number of hydrazone groups is 1. The largest absolute Gasteiger partial charge is 0.496 e. The minimum absolute atomic E-state index is 0.157. The van der Waals surface area contributed by atoms with Gasteiger partial charge in [-0.25, -0.2) is 10.4 Å². The first-order valence-corrected chi connectivity index (χ1v) is 7.13. The number of nitrogens with one attached hydrogen (secondary N) is 1. The molecule has 0 spiro atoms. The van der Waals surface area contributed by atoms with E-state index in [4.69, 9.17) is 4.74 Å². The summed E-state index contributed by atoms with van der Waals surface area (Å²) in [6, 6.07) is 15.1. The average Bonchev–Trinajstić information content (AvgIpc) is 2.98. The first kappa shape index (κ1) is 14.8. The van der Waals surface area contributed by atoms with Crippen LogP contribution in [0.5, 0.6) is 5.75 Å². The van der Waals surface area contributed by atoms with Crippen molar-refractivity contribution in [3.05, 3.63) is 60.4 Å². The van der Waals surface area contributed by atoms with Crippen LogP contribution in [0.15, 0.2) is 60.0 Å².